The van der Waals surface area contributed by atoms with E-state index < -0.39 is 19.0 Å². The first-order chi connectivity index (χ1) is 10.8. The van der Waals surface area contributed by atoms with Crippen molar-refractivity contribution in [2.45, 2.75) is 32.2 Å². The highest BCUT2D eigenvalue weighted by Crippen LogP contribution is 2.24. The molecule has 0 unspecified atom stereocenters. The first-order valence-electron chi connectivity index (χ1n) is 6.59. The molecule has 126 valence electrons. The van der Waals surface area contributed by atoms with Crippen LogP contribution < -0.4 is 10.1 Å². The number of pyridine rings is 1. The Balaban J connectivity index is 1.92. The molecule has 0 saturated carbocycles. The zero-order valence-electron chi connectivity index (χ0n) is 12.3. The predicted molar refractivity (Wildman–Crippen MR) is 71.8 cm³/mol. The minimum atomic E-state index is -4.22. The van der Waals surface area contributed by atoms with Crippen LogP contribution in [-0.4, -0.2) is 34.1 Å². The molecule has 0 bridgehead atoms. The van der Waals surface area contributed by atoms with E-state index in [2.05, 4.69) is 25.2 Å². The lowest BCUT2D eigenvalue weighted by molar-refractivity contribution is -0.148. The van der Waals surface area contributed by atoms with Crippen molar-refractivity contribution < 1.29 is 26.7 Å². The summed E-state index contributed by atoms with van der Waals surface area (Å²) in [4.78, 5) is 3.76. The number of alkyl halides is 4. The Hall–Kier alpha value is -2.39. The van der Waals surface area contributed by atoms with E-state index in [0.29, 0.717) is 17.5 Å². The van der Waals surface area contributed by atoms with Crippen molar-refractivity contribution in [3.8, 4) is 5.88 Å². The van der Waals surface area contributed by atoms with Crippen LogP contribution in [0.2, 0.25) is 0 Å². The summed E-state index contributed by atoms with van der Waals surface area (Å²) in [7, 11) is 0. The second kappa shape index (κ2) is 6.80. The molecule has 0 radical (unpaired) electrons. The van der Waals surface area contributed by atoms with E-state index in [1.165, 1.54) is 18.3 Å². The van der Waals surface area contributed by atoms with E-state index in [4.69, 9.17) is 4.42 Å². The summed E-state index contributed by atoms with van der Waals surface area (Å²) >= 11 is 0. The molecule has 10 heteroatoms. The molecule has 0 saturated heterocycles. The third kappa shape index (κ3) is 4.54. The van der Waals surface area contributed by atoms with Crippen molar-refractivity contribution in [2.75, 3.05) is 11.9 Å². The maximum absolute atomic E-state index is 12.7. The van der Waals surface area contributed by atoms with Crippen LogP contribution in [0.1, 0.15) is 24.7 Å². The van der Waals surface area contributed by atoms with Crippen molar-refractivity contribution in [1.29, 1.82) is 0 Å². The fourth-order valence-electron chi connectivity index (χ4n) is 1.58. The van der Waals surface area contributed by atoms with Crippen molar-refractivity contribution in [3.05, 3.63) is 30.1 Å². The number of nitrogens with one attached hydrogen (secondary N) is 1. The lowest BCUT2D eigenvalue weighted by Gasteiger charge is -2.16. The summed E-state index contributed by atoms with van der Waals surface area (Å²) in [5.41, 5.74) is 0.543. The lowest BCUT2D eigenvalue weighted by Crippen LogP contribution is -2.33. The van der Waals surface area contributed by atoms with Gasteiger partial charge in [0, 0.05) is 13.0 Å². The number of hydrogen-bond acceptors (Lipinski definition) is 6. The summed E-state index contributed by atoms with van der Waals surface area (Å²) in [5, 5.41) is 10.6. The summed E-state index contributed by atoms with van der Waals surface area (Å²) in [5.74, 6) is -3.60. The molecule has 6 nitrogen and oxygen atoms in total. The van der Waals surface area contributed by atoms with Crippen molar-refractivity contribution >= 4 is 5.69 Å². The van der Waals surface area contributed by atoms with Crippen LogP contribution in [0.5, 0.6) is 5.88 Å². The van der Waals surface area contributed by atoms with Gasteiger partial charge in [0.05, 0.1) is 11.9 Å². The molecule has 2 aromatic rings. The summed E-state index contributed by atoms with van der Waals surface area (Å²) in [6.07, 6.45) is -2.47. The Labute approximate surface area is 128 Å². The third-order valence-corrected chi connectivity index (χ3v) is 2.76. The lowest BCUT2D eigenvalue weighted by atomic mass is 10.3. The Morgan fingerprint density at radius 1 is 1.30 bits per heavy atom. The number of nitrogens with zero attached hydrogens (tertiary/aromatic N) is 3. The van der Waals surface area contributed by atoms with Crippen LogP contribution >= 0.6 is 0 Å². The highest BCUT2D eigenvalue weighted by molar-refractivity contribution is 5.43. The van der Waals surface area contributed by atoms with Gasteiger partial charge in [-0.15, -0.1) is 10.2 Å². The summed E-state index contributed by atoms with van der Waals surface area (Å²) < 4.78 is 59.3. The molecule has 1 N–H and O–H groups in total. The number of hydrogen-bond donors (Lipinski definition) is 1. The monoisotopic (exact) mass is 334 g/mol. The van der Waals surface area contributed by atoms with E-state index in [9.17, 15) is 17.6 Å². The van der Waals surface area contributed by atoms with Gasteiger partial charge in [0.2, 0.25) is 17.7 Å². The third-order valence-electron chi connectivity index (χ3n) is 2.76. The van der Waals surface area contributed by atoms with Gasteiger partial charge in [-0.05, 0) is 13.0 Å². The topological polar surface area (TPSA) is 73.1 Å². The zero-order valence-corrected chi connectivity index (χ0v) is 12.3. The minimum Gasteiger partial charge on any atom is -0.471 e. The SMILES string of the molecule is Cc1nnc([C@H](C)Nc2ccc(OCC(F)(F)C(F)F)nc2)o1. The molecule has 0 aliphatic carbocycles. The fourth-order valence-corrected chi connectivity index (χ4v) is 1.58. The molecule has 0 fully saturated rings. The van der Waals surface area contributed by atoms with Crippen LogP contribution in [0.15, 0.2) is 22.7 Å². The molecule has 1 atom stereocenters. The van der Waals surface area contributed by atoms with E-state index in [-0.39, 0.29) is 11.9 Å². The number of aryl methyl sites for hydroxylation is 1. The van der Waals surface area contributed by atoms with Gasteiger partial charge in [-0.25, -0.2) is 13.8 Å². The largest absolute Gasteiger partial charge is 0.471 e. The van der Waals surface area contributed by atoms with Gasteiger partial charge in [0.25, 0.3) is 0 Å². The van der Waals surface area contributed by atoms with Gasteiger partial charge in [-0.2, -0.15) is 8.78 Å². The molecule has 0 aliphatic rings. The highest BCUT2D eigenvalue weighted by atomic mass is 19.3. The Morgan fingerprint density at radius 2 is 2.04 bits per heavy atom. The molecule has 0 aliphatic heterocycles. The molecule has 2 rings (SSSR count). The molecular formula is C13H14F4N4O2. The number of aromatic nitrogens is 3. The van der Waals surface area contributed by atoms with Crippen molar-refractivity contribution in [1.82, 2.24) is 15.2 Å². The molecule has 2 aromatic heterocycles. The van der Waals surface area contributed by atoms with E-state index >= 15 is 0 Å². The van der Waals surface area contributed by atoms with Gasteiger partial charge < -0.3 is 14.5 Å². The average Bonchev–Trinajstić information content (AvgIpc) is 2.93. The van der Waals surface area contributed by atoms with E-state index in [1.807, 2.05) is 0 Å². The summed E-state index contributed by atoms with van der Waals surface area (Å²) in [6, 6.07) is 2.49. The van der Waals surface area contributed by atoms with Crippen LogP contribution in [0, 0.1) is 6.92 Å². The molecule has 2 heterocycles. The van der Waals surface area contributed by atoms with Crippen LogP contribution in [0.4, 0.5) is 23.2 Å². The van der Waals surface area contributed by atoms with Gasteiger partial charge >= 0.3 is 12.3 Å². The van der Waals surface area contributed by atoms with Crippen LogP contribution in [-0.2, 0) is 0 Å². The molecule has 23 heavy (non-hydrogen) atoms. The second-order valence-corrected chi connectivity index (χ2v) is 4.76. The maximum Gasteiger partial charge on any atom is 0.340 e. The first-order valence-corrected chi connectivity index (χ1v) is 6.59. The number of ether oxygens (including phenoxy) is 1. The predicted octanol–water partition coefficient (Wildman–Crippen LogP) is 3.23. The van der Waals surface area contributed by atoms with Crippen LogP contribution in [0.25, 0.3) is 0 Å². The first kappa shape index (κ1) is 17.0. The minimum absolute atomic E-state index is 0.183. The Morgan fingerprint density at radius 3 is 2.57 bits per heavy atom. The number of anilines is 1. The second-order valence-electron chi connectivity index (χ2n) is 4.76. The standard InChI is InChI=1S/C13H14F4N4O2/c1-7(11-21-20-8(2)23-11)19-9-3-4-10(18-5-9)22-6-13(16,17)12(14)15/h3-5,7,12,19H,6H2,1-2H3/t7-/m0/s1. The fraction of sp³-hybridized carbons (Fsp3) is 0.462. The zero-order chi connectivity index (χ0) is 17.0. The molecule has 0 amide bonds. The summed E-state index contributed by atoms with van der Waals surface area (Å²) in [6.45, 7) is 1.99. The normalized spacial score (nSPS) is 13.2. The quantitative estimate of drug-likeness (QED) is 0.784. The van der Waals surface area contributed by atoms with Gasteiger partial charge in [0.1, 0.15) is 6.04 Å². The number of halogens is 4. The van der Waals surface area contributed by atoms with Crippen molar-refractivity contribution in [2.24, 2.45) is 0 Å². The smallest absolute Gasteiger partial charge is 0.340 e. The van der Waals surface area contributed by atoms with Gasteiger partial charge in [-0.3, -0.25) is 0 Å². The average molecular weight is 334 g/mol. The Bertz CT molecular complexity index is 633. The number of rotatable bonds is 7. The molecular weight excluding hydrogens is 320 g/mol. The maximum atomic E-state index is 12.7. The van der Waals surface area contributed by atoms with Gasteiger partial charge in [0.15, 0.2) is 6.61 Å². The van der Waals surface area contributed by atoms with E-state index in [0.717, 1.165) is 0 Å². The van der Waals surface area contributed by atoms with Crippen LogP contribution in [0.3, 0.4) is 0 Å². The van der Waals surface area contributed by atoms with Gasteiger partial charge in [-0.1, -0.05) is 0 Å². The molecule has 0 spiro atoms. The van der Waals surface area contributed by atoms with E-state index in [1.54, 1.807) is 13.8 Å². The highest BCUT2D eigenvalue weighted by Gasteiger charge is 2.41. The Kier molecular flexibility index (Phi) is 5.02. The van der Waals surface area contributed by atoms with Crippen molar-refractivity contribution in [3.63, 3.8) is 0 Å². The molecule has 0 aromatic carbocycles.